The molecule has 0 saturated carbocycles. The smallest absolute Gasteiger partial charge is 0.116 e. The van der Waals surface area contributed by atoms with Gasteiger partial charge in [-0.05, 0) is 44.2 Å². The normalized spacial score (nSPS) is 13.9. The summed E-state index contributed by atoms with van der Waals surface area (Å²) in [6.45, 7) is 5.15. The fraction of sp³-hybridized carbons (Fsp3) is 0.800. The number of likely N-dealkylation sites (N-methyl/N-ethyl adjacent to an activating group) is 1. The number of halogens is 1. The molecule has 0 radical (unpaired) electrons. The van der Waals surface area contributed by atoms with E-state index in [4.69, 9.17) is 27.9 Å². The van der Waals surface area contributed by atoms with Crippen LogP contribution in [0.4, 0.5) is 0 Å². The number of alkyl halides is 1. The van der Waals surface area contributed by atoms with Crippen molar-refractivity contribution in [2.24, 2.45) is 5.73 Å². The predicted molar refractivity (Wildman–Crippen MR) is 88.6 cm³/mol. The minimum Gasteiger partial charge on any atom is -0.859 e. The lowest BCUT2D eigenvalue weighted by atomic mass is 10.0. The molecule has 0 heterocycles. The minimum atomic E-state index is -0.549. The van der Waals surface area contributed by atoms with Crippen LogP contribution in [0.3, 0.4) is 0 Å². The van der Waals surface area contributed by atoms with Crippen molar-refractivity contribution in [2.45, 2.75) is 39.2 Å². The number of hydrogen-bond acceptors (Lipinski definition) is 4. The average molecular weight is 322 g/mol. The molecule has 0 amide bonds. The molecule has 5 nitrogen and oxygen atoms in total. The lowest BCUT2D eigenvalue weighted by Crippen LogP contribution is -2.41. The zero-order valence-corrected chi connectivity index (χ0v) is 14.8. The summed E-state index contributed by atoms with van der Waals surface area (Å²) in [6.07, 6.45) is 2.01. The zero-order chi connectivity index (χ0) is 17.1. The molecule has 0 aliphatic rings. The number of nitrogens with zero attached hydrogens (tertiary/aromatic N) is 1. The Hall–Kier alpha value is -0.620. The Labute approximate surface area is 134 Å². The van der Waals surface area contributed by atoms with Crippen LogP contribution in [0.15, 0.2) is 11.1 Å². The van der Waals surface area contributed by atoms with E-state index < -0.39 is 5.90 Å². The van der Waals surface area contributed by atoms with Gasteiger partial charge in [-0.15, -0.1) is 11.6 Å². The molecule has 0 saturated heterocycles. The van der Waals surface area contributed by atoms with Crippen LogP contribution in [-0.2, 0) is 0 Å². The van der Waals surface area contributed by atoms with Crippen molar-refractivity contribution in [2.75, 3.05) is 40.1 Å². The first-order valence-electron chi connectivity index (χ1n) is 7.28. The number of rotatable bonds is 8. The van der Waals surface area contributed by atoms with Gasteiger partial charge in [-0.2, -0.15) is 0 Å². The summed E-state index contributed by atoms with van der Waals surface area (Å²) in [5.41, 5.74) is 7.00. The van der Waals surface area contributed by atoms with E-state index in [0.29, 0.717) is 31.0 Å². The molecule has 126 valence electrons. The predicted octanol–water partition coefficient (Wildman–Crippen LogP) is 1.08. The second-order valence-corrected chi connectivity index (χ2v) is 6.42. The summed E-state index contributed by atoms with van der Waals surface area (Å²) in [4.78, 5) is 0. The molecule has 0 spiro atoms. The largest absolute Gasteiger partial charge is 0.859 e. The molecule has 6 heteroatoms. The van der Waals surface area contributed by atoms with E-state index in [-0.39, 0.29) is 6.10 Å². The van der Waals surface area contributed by atoms with Gasteiger partial charge >= 0.3 is 0 Å². The maximum absolute atomic E-state index is 10.8. The van der Waals surface area contributed by atoms with Gasteiger partial charge in [-0.3, -0.25) is 0 Å². The maximum atomic E-state index is 10.8. The van der Waals surface area contributed by atoms with Gasteiger partial charge in [0.15, 0.2) is 0 Å². The summed E-state index contributed by atoms with van der Waals surface area (Å²) in [5, 5.41) is 26.8. The molecule has 0 aromatic heterocycles. The second kappa shape index (κ2) is 12.0. The van der Waals surface area contributed by atoms with E-state index in [1.54, 1.807) is 0 Å². The van der Waals surface area contributed by atoms with Crippen LogP contribution in [0, 0.1) is 5.41 Å². The first-order valence-corrected chi connectivity index (χ1v) is 7.81. The van der Waals surface area contributed by atoms with Crippen LogP contribution < -0.4 is 10.8 Å². The van der Waals surface area contributed by atoms with Gasteiger partial charge in [-0.25, -0.2) is 0 Å². The Kier molecular flexibility index (Phi) is 12.9. The van der Waals surface area contributed by atoms with Crippen LogP contribution in [0.2, 0.25) is 0 Å². The van der Waals surface area contributed by atoms with E-state index in [1.165, 1.54) is 0 Å². The summed E-state index contributed by atoms with van der Waals surface area (Å²) in [7, 11) is 6.07. The van der Waals surface area contributed by atoms with Gasteiger partial charge in [-0.1, -0.05) is 12.5 Å². The third kappa shape index (κ3) is 14.1. The number of nitrogens with two attached hydrogens (primary N) is 1. The first-order chi connectivity index (χ1) is 9.58. The van der Waals surface area contributed by atoms with Gasteiger partial charge < -0.3 is 25.8 Å². The highest BCUT2D eigenvalue weighted by molar-refractivity contribution is 6.18. The van der Waals surface area contributed by atoms with Crippen molar-refractivity contribution >= 4 is 17.5 Å². The number of allylic oxidation sites excluding steroid dienone is 1. The molecule has 0 aliphatic carbocycles. The highest BCUT2D eigenvalue weighted by Gasteiger charge is 2.13. The molecule has 0 bridgehead atoms. The zero-order valence-electron chi connectivity index (χ0n) is 14.1. The lowest BCUT2D eigenvalue weighted by Gasteiger charge is -2.25. The summed E-state index contributed by atoms with van der Waals surface area (Å²) in [6, 6.07) is 0. The Bertz CT molecular complexity index is 325. The van der Waals surface area contributed by atoms with Crippen LogP contribution in [0.5, 0.6) is 0 Å². The lowest BCUT2D eigenvalue weighted by molar-refractivity contribution is -0.873. The molecular formula is C15H32ClN3O2. The molecule has 4 N–H and O–H groups in total. The van der Waals surface area contributed by atoms with Crippen LogP contribution in [-0.4, -0.2) is 61.7 Å². The number of hydrogen-bond donors (Lipinski definition) is 3. The molecule has 0 aromatic rings. The Morgan fingerprint density at radius 2 is 1.90 bits per heavy atom. The highest BCUT2D eigenvalue weighted by Crippen LogP contribution is 2.12. The molecule has 1 unspecified atom stereocenters. The number of aliphatic hydroxyl groups is 1. The van der Waals surface area contributed by atoms with Gasteiger partial charge in [0.1, 0.15) is 12.6 Å². The topological polar surface area (TPSA) is 93.2 Å². The summed E-state index contributed by atoms with van der Waals surface area (Å²) >= 11 is 5.40. The Morgan fingerprint density at radius 3 is 2.14 bits per heavy atom. The van der Waals surface area contributed by atoms with Gasteiger partial charge in [0.2, 0.25) is 0 Å². The van der Waals surface area contributed by atoms with Gasteiger partial charge in [0.25, 0.3) is 0 Å². The fourth-order valence-electron chi connectivity index (χ4n) is 1.86. The van der Waals surface area contributed by atoms with E-state index in [0.717, 1.165) is 22.9 Å². The summed E-state index contributed by atoms with van der Waals surface area (Å²) in [5.74, 6) is -0.220. The quantitative estimate of drug-likeness (QED) is 0.270. The molecule has 21 heavy (non-hydrogen) atoms. The fourth-order valence-corrected chi connectivity index (χ4v) is 1.95. The maximum Gasteiger partial charge on any atom is 0.116 e. The molecular weight excluding hydrogens is 290 g/mol. The molecule has 0 aliphatic heterocycles. The van der Waals surface area contributed by atoms with Gasteiger partial charge in [0.05, 0.1) is 27.0 Å². The second-order valence-electron chi connectivity index (χ2n) is 6.11. The van der Waals surface area contributed by atoms with E-state index >= 15 is 0 Å². The van der Waals surface area contributed by atoms with E-state index in [9.17, 15) is 5.11 Å². The minimum absolute atomic E-state index is 0.329. The number of nitrogens with one attached hydrogen (secondary N) is 1. The number of aliphatic hydroxyl groups excluding tert-OH is 1. The van der Waals surface area contributed by atoms with Crippen molar-refractivity contribution in [1.82, 2.24) is 0 Å². The van der Waals surface area contributed by atoms with Crippen LogP contribution >= 0.6 is 11.6 Å². The Morgan fingerprint density at radius 1 is 1.38 bits per heavy atom. The van der Waals surface area contributed by atoms with Crippen molar-refractivity contribution in [3.05, 3.63) is 11.1 Å². The number of quaternary nitrogens is 1. The van der Waals surface area contributed by atoms with E-state index in [2.05, 4.69) is 0 Å². The van der Waals surface area contributed by atoms with Crippen molar-refractivity contribution in [1.29, 1.82) is 5.41 Å². The van der Waals surface area contributed by atoms with Crippen molar-refractivity contribution in [3.8, 4) is 0 Å². The monoisotopic (exact) mass is 321 g/mol. The van der Waals surface area contributed by atoms with Gasteiger partial charge in [0, 0.05) is 0 Å². The highest BCUT2D eigenvalue weighted by atomic mass is 35.5. The first kappa shape index (κ1) is 22.7. The third-order valence-electron chi connectivity index (χ3n) is 2.84. The average Bonchev–Trinajstić information content (AvgIpc) is 2.35. The SMILES string of the molecule is CCC(C(=N)[O-])=C(C)CCCN.C[N+](C)(C)CC(O)CCl. The third-order valence-corrected chi connectivity index (χ3v) is 3.19. The van der Waals surface area contributed by atoms with Crippen LogP contribution in [0.1, 0.15) is 33.1 Å². The van der Waals surface area contributed by atoms with E-state index in [1.807, 2.05) is 35.0 Å². The van der Waals surface area contributed by atoms with Crippen LogP contribution in [0.25, 0.3) is 0 Å². The standard InChI is InChI=1S/C9H18N2O.C6H15ClNO/c1-3-8(9(11)12)7(2)5-4-6-10;1-8(2,3)5-6(9)4-7/h3-6,10H2,1-2H3,(H2,11,12);6,9H,4-5H2,1-3H3/q;+1/p-1. The molecule has 0 fully saturated rings. The van der Waals surface area contributed by atoms with Crippen molar-refractivity contribution in [3.63, 3.8) is 0 Å². The van der Waals surface area contributed by atoms with Crippen molar-refractivity contribution < 1.29 is 14.7 Å². The Balaban J connectivity index is 0. The summed E-state index contributed by atoms with van der Waals surface area (Å²) < 4.78 is 0.758. The molecule has 0 rings (SSSR count). The molecule has 0 aromatic carbocycles. The molecule has 1 atom stereocenters.